The third kappa shape index (κ3) is 7.94. The van der Waals surface area contributed by atoms with Crippen LogP contribution in [0.3, 0.4) is 0 Å². The molecule has 15 heavy (non-hydrogen) atoms. The molecule has 3 nitrogen and oxygen atoms in total. The van der Waals surface area contributed by atoms with Crippen LogP contribution in [0, 0.1) is 0 Å². The van der Waals surface area contributed by atoms with Gasteiger partial charge in [0.2, 0.25) is 0 Å². The number of hydrogen-bond acceptors (Lipinski definition) is 3. The van der Waals surface area contributed by atoms with Crippen LogP contribution in [0.1, 0.15) is 33.6 Å². The van der Waals surface area contributed by atoms with Crippen LogP contribution in [0.4, 0.5) is 0 Å². The fourth-order valence-electron chi connectivity index (χ4n) is 1.01. The zero-order valence-electron chi connectivity index (χ0n) is 9.75. The van der Waals surface area contributed by atoms with Gasteiger partial charge in [0, 0.05) is 6.92 Å². The van der Waals surface area contributed by atoms with Crippen molar-refractivity contribution in [3.63, 3.8) is 0 Å². The second-order valence-electron chi connectivity index (χ2n) is 3.75. The molecule has 0 aliphatic heterocycles. The molecule has 0 aliphatic rings. The van der Waals surface area contributed by atoms with Gasteiger partial charge < -0.3 is 9.84 Å². The van der Waals surface area contributed by atoms with Crippen LogP contribution in [0.15, 0.2) is 23.8 Å². The van der Waals surface area contributed by atoms with Gasteiger partial charge in [-0.25, -0.2) is 0 Å². The third-order valence-electron chi connectivity index (χ3n) is 2.10. The van der Waals surface area contributed by atoms with E-state index in [1.165, 1.54) is 6.92 Å². The minimum absolute atomic E-state index is 0.277. The summed E-state index contributed by atoms with van der Waals surface area (Å²) in [5.41, 5.74) is 1.89. The molecule has 0 radical (unpaired) electrons. The monoisotopic (exact) mass is 212 g/mol. The Hall–Kier alpha value is -1.09. The lowest BCUT2D eigenvalue weighted by atomic mass is 10.0. The van der Waals surface area contributed by atoms with E-state index in [2.05, 4.69) is 6.58 Å². The Kier molecular flexibility index (Phi) is 6.71. The van der Waals surface area contributed by atoms with Crippen molar-refractivity contribution in [2.45, 2.75) is 39.7 Å². The zero-order chi connectivity index (χ0) is 11.8. The number of rotatable bonds is 6. The predicted molar refractivity (Wildman–Crippen MR) is 60.4 cm³/mol. The predicted octanol–water partition coefficient (Wildman–Crippen LogP) is 2.21. The lowest BCUT2D eigenvalue weighted by Crippen LogP contribution is -2.07. The first-order valence-corrected chi connectivity index (χ1v) is 5.06. The highest BCUT2D eigenvalue weighted by Gasteiger charge is 2.04. The first kappa shape index (κ1) is 13.9. The van der Waals surface area contributed by atoms with Crippen molar-refractivity contribution in [3.8, 4) is 0 Å². The molecule has 0 aromatic carbocycles. The van der Waals surface area contributed by atoms with Crippen LogP contribution in [-0.2, 0) is 9.53 Å². The lowest BCUT2D eigenvalue weighted by molar-refractivity contribution is -0.139. The average Bonchev–Trinajstić information content (AvgIpc) is 2.13. The van der Waals surface area contributed by atoms with Crippen LogP contribution in [-0.4, -0.2) is 23.8 Å². The second-order valence-corrected chi connectivity index (χ2v) is 3.75. The third-order valence-corrected chi connectivity index (χ3v) is 2.10. The molecule has 0 saturated carbocycles. The Morgan fingerprint density at radius 2 is 2.07 bits per heavy atom. The summed E-state index contributed by atoms with van der Waals surface area (Å²) in [5.74, 6) is -0.277. The topological polar surface area (TPSA) is 46.5 Å². The van der Waals surface area contributed by atoms with Gasteiger partial charge in [0.05, 0.1) is 6.10 Å². The number of aliphatic hydroxyl groups excluding tert-OH is 1. The molecule has 0 saturated heterocycles. The normalized spacial score (nSPS) is 13.5. The van der Waals surface area contributed by atoms with E-state index in [9.17, 15) is 9.90 Å². The molecular formula is C12H20O3. The summed E-state index contributed by atoms with van der Waals surface area (Å²) in [7, 11) is 0. The van der Waals surface area contributed by atoms with Crippen molar-refractivity contribution < 1.29 is 14.6 Å². The quantitative estimate of drug-likeness (QED) is 0.542. The van der Waals surface area contributed by atoms with Crippen LogP contribution in [0.5, 0.6) is 0 Å². The molecule has 0 fully saturated rings. The maximum atomic E-state index is 10.5. The van der Waals surface area contributed by atoms with Gasteiger partial charge in [0.15, 0.2) is 0 Å². The molecule has 0 aromatic rings. The molecule has 0 bridgehead atoms. The summed E-state index contributed by atoms with van der Waals surface area (Å²) in [5, 5.41) is 9.48. The Labute approximate surface area is 91.4 Å². The highest BCUT2D eigenvalue weighted by Crippen LogP contribution is 2.11. The number of ether oxygens (including phenoxy) is 1. The first-order chi connectivity index (χ1) is 6.93. The molecule has 1 atom stereocenters. The van der Waals surface area contributed by atoms with Crippen molar-refractivity contribution in [2.24, 2.45) is 0 Å². The molecule has 0 spiro atoms. The van der Waals surface area contributed by atoms with E-state index in [0.717, 1.165) is 17.6 Å². The molecule has 1 N–H and O–H groups in total. The smallest absolute Gasteiger partial charge is 0.302 e. The molecule has 0 amide bonds. The summed E-state index contributed by atoms with van der Waals surface area (Å²) in [6, 6.07) is 0. The summed E-state index contributed by atoms with van der Waals surface area (Å²) >= 11 is 0. The van der Waals surface area contributed by atoms with Crippen LogP contribution in [0.25, 0.3) is 0 Å². The Morgan fingerprint density at radius 3 is 2.53 bits per heavy atom. The molecule has 3 heteroatoms. The molecule has 0 heterocycles. The van der Waals surface area contributed by atoms with Gasteiger partial charge in [0.25, 0.3) is 0 Å². The number of carbonyl (C=O) groups is 1. The Bertz CT molecular complexity index is 254. The number of carbonyl (C=O) groups excluding carboxylic acids is 1. The minimum Gasteiger partial charge on any atom is -0.462 e. The van der Waals surface area contributed by atoms with E-state index >= 15 is 0 Å². The van der Waals surface area contributed by atoms with Gasteiger partial charge >= 0.3 is 5.97 Å². The lowest BCUT2D eigenvalue weighted by Gasteiger charge is -2.09. The molecule has 0 unspecified atom stereocenters. The SMILES string of the molecule is C=C(C)[C@H](O)CC/C(C)=C/COC(C)=O. The molecule has 0 aliphatic carbocycles. The van der Waals surface area contributed by atoms with Gasteiger partial charge in [-0.3, -0.25) is 4.79 Å². The number of aliphatic hydroxyl groups is 1. The fourth-order valence-corrected chi connectivity index (χ4v) is 1.01. The van der Waals surface area contributed by atoms with Gasteiger partial charge in [-0.05, 0) is 32.8 Å². The average molecular weight is 212 g/mol. The van der Waals surface area contributed by atoms with E-state index < -0.39 is 6.10 Å². The highest BCUT2D eigenvalue weighted by atomic mass is 16.5. The van der Waals surface area contributed by atoms with Gasteiger partial charge in [0.1, 0.15) is 6.61 Å². The zero-order valence-corrected chi connectivity index (χ0v) is 9.75. The van der Waals surface area contributed by atoms with Gasteiger partial charge in [-0.15, -0.1) is 0 Å². The molecule has 0 aromatic heterocycles. The molecular weight excluding hydrogens is 192 g/mol. The van der Waals surface area contributed by atoms with Gasteiger partial charge in [-0.2, -0.15) is 0 Å². The van der Waals surface area contributed by atoms with Crippen molar-refractivity contribution in [1.29, 1.82) is 0 Å². The van der Waals surface area contributed by atoms with E-state index in [0.29, 0.717) is 13.0 Å². The maximum Gasteiger partial charge on any atom is 0.302 e. The fraction of sp³-hybridized carbons (Fsp3) is 0.583. The molecule has 0 rings (SSSR count). The van der Waals surface area contributed by atoms with E-state index in [1.54, 1.807) is 0 Å². The number of allylic oxidation sites excluding steroid dienone is 1. The summed E-state index contributed by atoms with van der Waals surface area (Å²) in [6.07, 6.45) is 2.86. The first-order valence-electron chi connectivity index (χ1n) is 5.06. The summed E-state index contributed by atoms with van der Waals surface area (Å²) < 4.78 is 4.77. The largest absolute Gasteiger partial charge is 0.462 e. The van der Waals surface area contributed by atoms with Crippen molar-refractivity contribution in [1.82, 2.24) is 0 Å². The van der Waals surface area contributed by atoms with Crippen LogP contribution in [0.2, 0.25) is 0 Å². The summed E-state index contributed by atoms with van der Waals surface area (Å²) in [6.45, 7) is 9.13. The second kappa shape index (κ2) is 7.23. The van der Waals surface area contributed by atoms with Gasteiger partial charge in [-0.1, -0.05) is 17.7 Å². The maximum absolute atomic E-state index is 10.5. The Morgan fingerprint density at radius 1 is 1.47 bits per heavy atom. The van der Waals surface area contributed by atoms with Crippen molar-refractivity contribution >= 4 is 5.97 Å². The van der Waals surface area contributed by atoms with E-state index in [-0.39, 0.29) is 5.97 Å². The van der Waals surface area contributed by atoms with E-state index in [4.69, 9.17) is 4.74 Å². The highest BCUT2D eigenvalue weighted by molar-refractivity contribution is 5.66. The molecule has 86 valence electrons. The Balaban J connectivity index is 3.77. The standard InChI is InChI=1S/C12H20O3/c1-9(2)12(14)6-5-10(3)7-8-15-11(4)13/h7,12,14H,1,5-6,8H2,2-4H3/b10-7+/t12-/m1/s1. The number of esters is 1. The van der Waals surface area contributed by atoms with Crippen LogP contribution < -0.4 is 0 Å². The minimum atomic E-state index is -0.443. The van der Waals surface area contributed by atoms with Crippen molar-refractivity contribution in [3.05, 3.63) is 23.8 Å². The van der Waals surface area contributed by atoms with Crippen molar-refractivity contribution in [2.75, 3.05) is 6.61 Å². The number of hydrogen-bond donors (Lipinski definition) is 1. The van der Waals surface area contributed by atoms with E-state index in [1.807, 2.05) is 19.9 Å². The van der Waals surface area contributed by atoms with Crippen LogP contribution >= 0.6 is 0 Å². The summed E-state index contributed by atoms with van der Waals surface area (Å²) in [4.78, 5) is 10.5.